The number of rotatable bonds is 4. The first-order valence-corrected chi connectivity index (χ1v) is 6.00. The molecule has 0 aromatic heterocycles. The molecular formula is C16H16O3. The van der Waals surface area contributed by atoms with Crippen LogP contribution in [0, 0.1) is 6.92 Å². The van der Waals surface area contributed by atoms with Crippen LogP contribution < -0.4 is 9.47 Å². The van der Waals surface area contributed by atoms with Crippen molar-refractivity contribution in [2.45, 2.75) is 6.92 Å². The summed E-state index contributed by atoms with van der Waals surface area (Å²) in [6.07, 6.45) is 0. The molecule has 0 saturated heterocycles. The van der Waals surface area contributed by atoms with Gasteiger partial charge in [-0.15, -0.1) is 0 Å². The molecule has 0 amide bonds. The SMILES string of the molecule is COc1ccc(C(=O)c2ccccc2)c(OC)c1C. The number of ketones is 1. The van der Waals surface area contributed by atoms with Crippen molar-refractivity contribution in [2.24, 2.45) is 0 Å². The molecule has 3 heteroatoms. The zero-order valence-corrected chi connectivity index (χ0v) is 11.3. The van der Waals surface area contributed by atoms with Gasteiger partial charge in [0.05, 0.1) is 19.8 Å². The topological polar surface area (TPSA) is 35.5 Å². The van der Waals surface area contributed by atoms with Crippen LogP contribution in [0.3, 0.4) is 0 Å². The van der Waals surface area contributed by atoms with Crippen LogP contribution in [0.25, 0.3) is 0 Å². The maximum atomic E-state index is 12.5. The zero-order chi connectivity index (χ0) is 13.8. The van der Waals surface area contributed by atoms with Crippen LogP contribution in [-0.2, 0) is 0 Å². The van der Waals surface area contributed by atoms with Crippen molar-refractivity contribution in [1.82, 2.24) is 0 Å². The van der Waals surface area contributed by atoms with E-state index in [0.29, 0.717) is 22.6 Å². The second-order valence-electron chi connectivity index (χ2n) is 4.17. The maximum Gasteiger partial charge on any atom is 0.196 e. The highest BCUT2D eigenvalue weighted by Gasteiger charge is 2.18. The summed E-state index contributed by atoms with van der Waals surface area (Å²) in [5.74, 6) is 1.22. The minimum absolute atomic E-state index is 0.0526. The van der Waals surface area contributed by atoms with Crippen LogP contribution in [0.2, 0.25) is 0 Å². The largest absolute Gasteiger partial charge is 0.496 e. The Labute approximate surface area is 112 Å². The average Bonchev–Trinajstić information content (AvgIpc) is 2.47. The Hall–Kier alpha value is -2.29. The Morgan fingerprint density at radius 2 is 1.63 bits per heavy atom. The summed E-state index contributed by atoms with van der Waals surface area (Å²) in [6, 6.07) is 12.7. The molecule has 0 radical (unpaired) electrons. The van der Waals surface area contributed by atoms with E-state index >= 15 is 0 Å². The summed E-state index contributed by atoms with van der Waals surface area (Å²) in [4.78, 5) is 12.5. The van der Waals surface area contributed by atoms with E-state index in [-0.39, 0.29) is 5.78 Å². The summed E-state index contributed by atoms with van der Waals surface area (Å²) < 4.78 is 10.6. The van der Waals surface area contributed by atoms with Gasteiger partial charge >= 0.3 is 0 Å². The standard InChI is InChI=1S/C16H16O3/c1-11-14(18-2)10-9-13(16(11)19-3)15(17)12-7-5-4-6-8-12/h4-10H,1-3H3. The van der Waals surface area contributed by atoms with E-state index in [1.807, 2.05) is 25.1 Å². The first kappa shape index (κ1) is 13.1. The molecule has 2 aromatic carbocycles. The summed E-state index contributed by atoms with van der Waals surface area (Å²) >= 11 is 0. The van der Waals surface area contributed by atoms with Crippen LogP contribution >= 0.6 is 0 Å². The van der Waals surface area contributed by atoms with E-state index in [9.17, 15) is 4.79 Å². The first-order valence-electron chi connectivity index (χ1n) is 6.00. The van der Waals surface area contributed by atoms with Crippen LogP contribution in [-0.4, -0.2) is 20.0 Å². The quantitative estimate of drug-likeness (QED) is 0.788. The molecule has 0 N–H and O–H groups in total. The summed E-state index contributed by atoms with van der Waals surface area (Å²) in [7, 11) is 3.16. The lowest BCUT2D eigenvalue weighted by Crippen LogP contribution is -2.05. The van der Waals surface area contributed by atoms with Gasteiger partial charge in [-0.2, -0.15) is 0 Å². The fourth-order valence-electron chi connectivity index (χ4n) is 2.08. The lowest BCUT2D eigenvalue weighted by molar-refractivity contribution is 0.103. The lowest BCUT2D eigenvalue weighted by atomic mass is 10.00. The molecule has 0 aliphatic rings. The first-order chi connectivity index (χ1) is 9.19. The molecule has 3 nitrogen and oxygen atoms in total. The predicted molar refractivity (Wildman–Crippen MR) is 74.2 cm³/mol. The average molecular weight is 256 g/mol. The van der Waals surface area contributed by atoms with Crippen LogP contribution in [0.15, 0.2) is 42.5 Å². The monoisotopic (exact) mass is 256 g/mol. The van der Waals surface area contributed by atoms with Crippen LogP contribution in [0.1, 0.15) is 21.5 Å². The Morgan fingerprint density at radius 3 is 2.21 bits per heavy atom. The number of carbonyl (C=O) groups is 1. The van der Waals surface area contributed by atoms with Crippen molar-refractivity contribution in [3.05, 3.63) is 59.2 Å². The van der Waals surface area contributed by atoms with E-state index in [1.165, 1.54) is 0 Å². The van der Waals surface area contributed by atoms with Gasteiger partial charge in [0.2, 0.25) is 0 Å². The lowest BCUT2D eigenvalue weighted by Gasteiger charge is -2.13. The summed E-state index contributed by atoms with van der Waals surface area (Å²) in [5, 5.41) is 0. The molecule has 0 spiro atoms. The smallest absolute Gasteiger partial charge is 0.196 e. The Kier molecular flexibility index (Phi) is 3.85. The third kappa shape index (κ3) is 2.45. The molecule has 0 unspecified atom stereocenters. The highest BCUT2D eigenvalue weighted by atomic mass is 16.5. The van der Waals surface area contributed by atoms with Crippen molar-refractivity contribution in [3.63, 3.8) is 0 Å². The van der Waals surface area contributed by atoms with Gasteiger partial charge in [0.1, 0.15) is 11.5 Å². The van der Waals surface area contributed by atoms with Crippen molar-refractivity contribution >= 4 is 5.78 Å². The molecule has 19 heavy (non-hydrogen) atoms. The normalized spacial score (nSPS) is 10.1. The Morgan fingerprint density at radius 1 is 0.947 bits per heavy atom. The van der Waals surface area contributed by atoms with Gasteiger partial charge in [0.25, 0.3) is 0 Å². The van der Waals surface area contributed by atoms with Crippen LogP contribution in [0.5, 0.6) is 11.5 Å². The highest BCUT2D eigenvalue weighted by molar-refractivity contribution is 6.11. The molecule has 0 saturated carbocycles. The fraction of sp³-hybridized carbons (Fsp3) is 0.188. The maximum absolute atomic E-state index is 12.5. The van der Waals surface area contributed by atoms with Gasteiger partial charge in [0, 0.05) is 11.1 Å². The molecule has 2 rings (SSSR count). The Bertz CT molecular complexity index is 588. The second kappa shape index (κ2) is 5.57. The molecule has 0 bridgehead atoms. The molecule has 0 atom stereocenters. The molecule has 0 heterocycles. The van der Waals surface area contributed by atoms with Gasteiger partial charge in [-0.1, -0.05) is 30.3 Å². The fourth-order valence-corrected chi connectivity index (χ4v) is 2.08. The van der Waals surface area contributed by atoms with E-state index in [0.717, 1.165) is 5.56 Å². The zero-order valence-electron chi connectivity index (χ0n) is 11.3. The van der Waals surface area contributed by atoms with E-state index in [2.05, 4.69) is 0 Å². The second-order valence-corrected chi connectivity index (χ2v) is 4.17. The number of hydrogen-bond donors (Lipinski definition) is 0. The summed E-state index contributed by atoms with van der Waals surface area (Å²) in [6.45, 7) is 1.87. The molecular weight excluding hydrogens is 240 g/mol. The molecule has 2 aromatic rings. The van der Waals surface area contributed by atoms with Gasteiger partial charge in [-0.05, 0) is 19.1 Å². The number of hydrogen-bond acceptors (Lipinski definition) is 3. The number of benzene rings is 2. The minimum Gasteiger partial charge on any atom is -0.496 e. The number of ether oxygens (including phenoxy) is 2. The van der Waals surface area contributed by atoms with E-state index in [4.69, 9.17) is 9.47 Å². The van der Waals surface area contributed by atoms with E-state index < -0.39 is 0 Å². The van der Waals surface area contributed by atoms with Crippen molar-refractivity contribution < 1.29 is 14.3 Å². The van der Waals surface area contributed by atoms with Gasteiger partial charge < -0.3 is 9.47 Å². The third-order valence-electron chi connectivity index (χ3n) is 3.06. The predicted octanol–water partition coefficient (Wildman–Crippen LogP) is 3.24. The Balaban J connectivity index is 2.51. The van der Waals surface area contributed by atoms with Crippen molar-refractivity contribution in [1.29, 1.82) is 0 Å². The van der Waals surface area contributed by atoms with Crippen LogP contribution in [0.4, 0.5) is 0 Å². The number of carbonyl (C=O) groups excluding carboxylic acids is 1. The minimum atomic E-state index is -0.0526. The molecule has 0 fully saturated rings. The molecule has 98 valence electrons. The van der Waals surface area contributed by atoms with E-state index in [1.54, 1.807) is 38.5 Å². The van der Waals surface area contributed by atoms with Gasteiger partial charge in [-0.25, -0.2) is 0 Å². The molecule has 0 aliphatic carbocycles. The van der Waals surface area contributed by atoms with Gasteiger partial charge in [0.15, 0.2) is 5.78 Å². The third-order valence-corrected chi connectivity index (χ3v) is 3.06. The number of methoxy groups -OCH3 is 2. The van der Waals surface area contributed by atoms with Crippen molar-refractivity contribution in [3.8, 4) is 11.5 Å². The van der Waals surface area contributed by atoms with Crippen molar-refractivity contribution in [2.75, 3.05) is 14.2 Å². The summed E-state index contributed by atoms with van der Waals surface area (Å²) in [5.41, 5.74) is 2.02. The van der Waals surface area contributed by atoms with Gasteiger partial charge in [-0.3, -0.25) is 4.79 Å². The highest BCUT2D eigenvalue weighted by Crippen LogP contribution is 2.32. The molecule has 0 aliphatic heterocycles.